The SMILES string of the molecule is CC(C)c1ccc(Nc2ncnc(N3CCN(Cc4ccc5c(c4)OCO5)CC3)c2N)cc1. The Morgan fingerprint density at radius 3 is 2.48 bits per heavy atom. The fourth-order valence-corrected chi connectivity index (χ4v) is 4.24. The molecule has 172 valence electrons. The maximum Gasteiger partial charge on any atom is 0.231 e. The van der Waals surface area contributed by atoms with E-state index in [1.54, 1.807) is 6.33 Å². The van der Waals surface area contributed by atoms with Gasteiger partial charge in [0.2, 0.25) is 6.79 Å². The van der Waals surface area contributed by atoms with Crippen LogP contribution in [0.4, 0.5) is 23.0 Å². The summed E-state index contributed by atoms with van der Waals surface area (Å²) in [6.07, 6.45) is 1.58. The molecular formula is C25H30N6O2. The van der Waals surface area contributed by atoms with E-state index in [0.717, 1.165) is 55.7 Å². The Hall–Kier alpha value is -3.52. The summed E-state index contributed by atoms with van der Waals surface area (Å²) in [4.78, 5) is 13.5. The molecule has 3 aromatic rings. The van der Waals surface area contributed by atoms with Gasteiger partial charge in [-0.2, -0.15) is 0 Å². The van der Waals surface area contributed by atoms with Crippen molar-refractivity contribution in [2.45, 2.75) is 26.3 Å². The molecule has 2 aliphatic rings. The average molecular weight is 447 g/mol. The van der Waals surface area contributed by atoms with Crippen LogP contribution in [-0.4, -0.2) is 47.8 Å². The third-order valence-corrected chi connectivity index (χ3v) is 6.22. The summed E-state index contributed by atoms with van der Waals surface area (Å²) in [7, 11) is 0. The normalized spacial score (nSPS) is 15.8. The number of fused-ring (bicyclic) bond motifs is 1. The zero-order valence-electron chi connectivity index (χ0n) is 19.1. The number of benzene rings is 2. The number of nitrogen functional groups attached to an aromatic ring is 1. The summed E-state index contributed by atoms with van der Waals surface area (Å²) in [6.45, 7) is 9.12. The lowest BCUT2D eigenvalue weighted by Gasteiger charge is -2.36. The van der Waals surface area contributed by atoms with Crippen molar-refractivity contribution in [1.29, 1.82) is 0 Å². The van der Waals surface area contributed by atoms with E-state index in [-0.39, 0.29) is 0 Å². The molecule has 0 radical (unpaired) electrons. The molecule has 0 atom stereocenters. The lowest BCUT2D eigenvalue weighted by Crippen LogP contribution is -2.46. The fraction of sp³-hybridized carbons (Fsp3) is 0.360. The van der Waals surface area contributed by atoms with Gasteiger partial charge in [0.1, 0.15) is 12.0 Å². The monoisotopic (exact) mass is 446 g/mol. The smallest absolute Gasteiger partial charge is 0.231 e. The summed E-state index contributed by atoms with van der Waals surface area (Å²) in [5, 5.41) is 3.34. The van der Waals surface area contributed by atoms with Crippen molar-refractivity contribution in [2.75, 3.05) is 48.9 Å². The second kappa shape index (κ2) is 9.15. The van der Waals surface area contributed by atoms with Gasteiger partial charge in [-0.15, -0.1) is 0 Å². The number of nitrogens with one attached hydrogen (secondary N) is 1. The highest BCUT2D eigenvalue weighted by Gasteiger charge is 2.22. The topological polar surface area (TPSA) is 88.8 Å². The number of hydrogen-bond acceptors (Lipinski definition) is 8. The van der Waals surface area contributed by atoms with E-state index in [4.69, 9.17) is 15.2 Å². The molecule has 8 nitrogen and oxygen atoms in total. The Morgan fingerprint density at radius 1 is 0.970 bits per heavy atom. The lowest BCUT2D eigenvalue weighted by atomic mass is 10.0. The lowest BCUT2D eigenvalue weighted by molar-refractivity contribution is 0.174. The van der Waals surface area contributed by atoms with Crippen LogP contribution in [0.15, 0.2) is 48.8 Å². The molecule has 0 aliphatic carbocycles. The summed E-state index contributed by atoms with van der Waals surface area (Å²) in [6, 6.07) is 14.5. The molecule has 2 aromatic carbocycles. The molecule has 1 fully saturated rings. The first-order valence-corrected chi connectivity index (χ1v) is 11.4. The van der Waals surface area contributed by atoms with Crippen LogP contribution in [0.25, 0.3) is 0 Å². The Balaban J connectivity index is 1.21. The van der Waals surface area contributed by atoms with Gasteiger partial charge in [-0.1, -0.05) is 32.0 Å². The number of aromatic nitrogens is 2. The average Bonchev–Trinajstić information content (AvgIpc) is 3.29. The first kappa shape index (κ1) is 21.3. The van der Waals surface area contributed by atoms with E-state index in [1.807, 2.05) is 6.07 Å². The Kier molecular flexibility index (Phi) is 5.92. The van der Waals surface area contributed by atoms with Gasteiger partial charge in [0.05, 0.1) is 0 Å². The highest BCUT2D eigenvalue weighted by Crippen LogP contribution is 2.33. The van der Waals surface area contributed by atoms with Gasteiger partial charge < -0.3 is 25.4 Å². The van der Waals surface area contributed by atoms with Crippen molar-refractivity contribution in [2.24, 2.45) is 0 Å². The van der Waals surface area contributed by atoms with Gasteiger partial charge in [0.15, 0.2) is 23.1 Å². The van der Waals surface area contributed by atoms with Crippen molar-refractivity contribution in [3.05, 3.63) is 59.9 Å². The van der Waals surface area contributed by atoms with Crippen molar-refractivity contribution in [3.63, 3.8) is 0 Å². The van der Waals surface area contributed by atoms with Crippen LogP contribution in [0.1, 0.15) is 30.9 Å². The molecule has 0 bridgehead atoms. The third-order valence-electron chi connectivity index (χ3n) is 6.22. The Bertz CT molecular complexity index is 1110. The molecule has 0 unspecified atom stereocenters. The summed E-state index contributed by atoms with van der Waals surface area (Å²) >= 11 is 0. The highest BCUT2D eigenvalue weighted by atomic mass is 16.7. The van der Waals surface area contributed by atoms with Crippen LogP contribution < -0.4 is 25.4 Å². The molecule has 1 aromatic heterocycles. The molecule has 3 N–H and O–H groups in total. The maximum atomic E-state index is 6.48. The number of anilines is 4. The maximum absolute atomic E-state index is 6.48. The quantitative estimate of drug-likeness (QED) is 0.588. The second-order valence-electron chi connectivity index (χ2n) is 8.81. The Morgan fingerprint density at radius 2 is 1.73 bits per heavy atom. The van der Waals surface area contributed by atoms with Crippen LogP contribution in [0, 0.1) is 0 Å². The molecule has 1 saturated heterocycles. The molecule has 0 amide bonds. The number of nitrogens with zero attached hydrogens (tertiary/aromatic N) is 4. The largest absolute Gasteiger partial charge is 0.454 e. The molecule has 33 heavy (non-hydrogen) atoms. The van der Waals surface area contributed by atoms with E-state index < -0.39 is 0 Å². The van der Waals surface area contributed by atoms with E-state index in [9.17, 15) is 0 Å². The molecule has 0 saturated carbocycles. The molecule has 2 aliphatic heterocycles. The number of hydrogen-bond donors (Lipinski definition) is 2. The van der Waals surface area contributed by atoms with Crippen LogP contribution in [0.5, 0.6) is 11.5 Å². The van der Waals surface area contributed by atoms with Crippen molar-refractivity contribution in [1.82, 2.24) is 14.9 Å². The van der Waals surface area contributed by atoms with Gasteiger partial charge >= 0.3 is 0 Å². The predicted molar refractivity (Wildman–Crippen MR) is 130 cm³/mol. The fourth-order valence-electron chi connectivity index (χ4n) is 4.24. The minimum absolute atomic E-state index is 0.303. The van der Waals surface area contributed by atoms with E-state index in [0.29, 0.717) is 24.2 Å². The first-order valence-electron chi connectivity index (χ1n) is 11.4. The Labute approximate surface area is 194 Å². The molecular weight excluding hydrogens is 416 g/mol. The van der Waals surface area contributed by atoms with Gasteiger partial charge in [-0.3, -0.25) is 4.90 Å². The number of ether oxygens (including phenoxy) is 2. The number of nitrogens with two attached hydrogens (primary N) is 1. The number of rotatable bonds is 6. The van der Waals surface area contributed by atoms with Gasteiger partial charge in [-0.05, 0) is 41.3 Å². The minimum atomic E-state index is 0.303. The van der Waals surface area contributed by atoms with Gasteiger partial charge in [0, 0.05) is 38.4 Å². The van der Waals surface area contributed by atoms with Crippen molar-refractivity contribution >= 4 is 23.0 Å². The highest BCUT2D eigenvalue weighted by molar-refractivity contribution is 5.78. The van der Waals surface area contributed by atoms with Crippen LogP contribution in [0.3, 0.4) is 0 Å². The van der Waals surface area contributed by atoms with Crippen LogP contribution in [0.2, 0.25) is 0 Å². The van der Waals surface area contributed by atoms with E-state index in [1.165, 1.54) is 11.1 Å². The molecule has 0 spiro atoms. The molecule has 8 heteroatoms. The van der Waals surface area contributed by atoms with Crippen LogP contribution in [-0.2, 0) is 6.54 Å². The first-order chi connectivity index (χ1) is 16.1. The summed E-state index contributed by atoms with van der Waals surface area (Å²) in [5.74, 6) is 3.58. The third kappa shape index (κ3) is 4.66. The number of piperazine rings is 1. The predicted octanol–water partition coefficient (Wildman–Crippen LogP) is 3.98. The second-order valence-corrected chi connectivity index (χ2v) is 8.81. The standard InChI is InChI=1S/C25H30N6O2/c1-17(2)19-4-6-20(7-5-19)29-24-23(26)25(28-15-27-24)31-11-9-30(10-12-31)14-18-3-8-21-22(13-18)33-16-32-21/h3-8,13,15,17H,9-12,14,16,26H2,1-2H3,(H,27,28,29). The van der Waals surface area contributed by atoms with Crippen molar-refractivity contribution in [3.8, 4) is 11.5 Å². The zero-order valence-corrected chi connectivity index (χ0v) is 19.1. The minimum Gasteiger partial charge on any atom is -0.454 e. The molecule has 3 heterocycles. The van der Waals surface area contributed by atoms with Gasteiger partial charge in [0.25, 0.3) is 0 Å². The van der Waals surface area contributed by atoms with E-state index in [2.05, 4.69) is 75.3 Å². The van der Waals surface area contributed by atoms with Crippen molar-refractivity contribution < 1.29 is 9.47 Å². The summed E-state index contributed by atoms with van der Waals surface area (Å²) < 4.78 is 10.9. The molecule has 5 rings (SSSR count). The van der Waals surface area contributed by atoms with Gasteiger partial charge in [-0.25, -0.2) is 9.97 Å². The van der Waals surface area contributed by atoms with E-state index >= 15 is 0 Å². The summed E-state index contributed by atoms with van der Waals surface area (Å²) in [5.41, 5.74) is 10.6. The zero-order chi connectivity index (χ0) is 22.8. The van der Waals surface area contributed by atoms with Crippen LogP contribution >= 0.6 is 0 Å².